The first-order valence-electron chi connectivity index (χ1n) is 5.27. The summed E-state index contributed by atoms with van der Waals surface area (Å²) in [5, 5.41) is 0.579. The highest BCUT2D eigenvalue weighted by Crippen LogP contribution is 2.37. The summed E-state index contributed by atoms with van der Waals surface area (Å²) in [7, 11) is 0. The maximum absolute atomic E-state index is 13.0. The molecule has 0 aliphatic carbocycles. The number of hydrogen-bond acceptors (Lipinski definition) is 3. The molecule has 1 aromatic heterocycles. The van der Waals surface area contributed by atoms with E-state index >= 15 is 0 Å². The van der Waals surface area contributed by atoms with Crippen LogP contribution in [0.1, 0.15) is 16.8 Å². The maximum Gasteiger partial charge on any atom is 0.255 e. The summed E-state index contributed by atoms with van der Waals surface area (Å²) in [6, 6.07) is 1.60. The smallest absolute Gasteiger partial charge is 0.255 e. The minimum Gasteiger partial charge on any atom is -0.334 e. The molecule has 2 aliphatic rings. The van der Waals surface area contributed by atoms with Gasteiger partial charge in [-0.05, 0) is 12.5 Å². The van der Waals surface area contributed by atoms with Gasteiger partial charge >= 0.3 is 0 Å². The largest absolute Gasteiger partial charge is 0.334 e. The summed E-state index contributed by atoms with van der Waals surface area (Å²) < 4.78 is 13.0. The lowest BCUT2D eigenvalue weighted by Crippen LogP contribution is -2.39. The van der Waals surface area contributed by atoms with Crippen molar-refractivity contribution in [3.05, 3.63) is 29.8 Å². The standard InChI is InChI=1S/C11H11FN2OS/c12-8-1-7(3-13-4-8)11(15)14-5-10-2-9(14)6-16-10/h1,3-4,9-10H,2,5-6H2. The first-order chi connectivity index (χ1) is 7.74. The lowest BCUT2D eigenvalue weighted by atomic mass is 10.2. The fourth-order valence-electron chi connectivity index (χ4n) is 2.34. The molecular formula is C11H11FN2OS. The molecule has 0 spiro atoms. The Balaban J connectivity index is 1.83. The molecule has 3 rings (SSSR count). The minimum atomic E-state index is -0.454. The molecule has 2 atom stereocenters. The van der Waals surface area contributed by atoms with E-state index < -0.39 is 5.82 Å². The molecule has 0 radical (unpaired) electrons. The van der Waals surface area contributed by atoms with Gasteiger partial charge in [-0.2, -0.15) is 11.8 Å². The number of amides is 1. The van der Waals surface area contributed by atoms with Gasteiger partial charge in [0, 0.05) is 29.8 Å². The Morgan fingerprint density at radius 2 is 2.44 bits per heavy atom. The Bertz CT molecular complexity index is 440. The third-order valence-corrected chi connectivity index (χ3v) is 4.50. The third-order valence-electron chi connectivity index (χ3n) is 3.11. The minimum absolute atomic E-state index is 0.0835. The second kappa shape index (κ2) is 3.73. The Labute approximate surface area is 97.0 Å². The Hall–Kier alpha value is -1.10. The Morgan fingerprint density at radius 3 is 3.06 bits per heavy atom. The summed E-state index contributed by atoms with van der Waals surface area (Å²) >= 11 is 1.93. The monoisotopic (exact) mass is 238 g/mol. The van der Waals surface area contributed by atoms with E-state index in [9.17, 15) is 9.18 Å². The zero-order chi connectivity index (χ0) is 11.1. The second-order valence-electron chi connectivity index (χ2n) is 4.19. The number of fused-ring (bicyclic) bond motifs is 2. The average molecular weight is 238 g/mol. The van der Waals surface area contributed by atoms with E-state index in [-0.39, 0.29) is 5.91 Å². The zero-order valence-electron chi connectivity index (χ0n) is 8.60. The Kier molecular flexibility index (Phi) is 2.35. The van der Waals surface area contributed by atoms with Crippen LogP contribution in [-0.4, -0.2) is 39.4 Å². The molecule has 5 heteroatoms. The number of carbonyl (C=O) groups is 1. The lowest BCUT2D eigenvalue weighted by Gasteiger charge is -2.26. The van der Waals surface area contributed by atoms with Crippen LogP contribution in [0.25, 0.3) is 0 Å². The van der Waals surface area contributed by atoms with Crippen molar-refractivity contribution in [2.24, 2.45) is 0 Å². The summed E-state index contributed by atoms with van der Waals surface area (Å²) in [6.07, 6.45) is 3.63. The molecule has 2 aliphatic heterocycles. The first kappa shape index (κ1) is 10.1. The van der Waals surface area contributed by atoms with Gasteiger partial charge in [-0.15, -0.1) is 0 Å². The van der Waals surface area contributed by atoms with Crippen molar-refractivity contribution in [2.45, 2.75) is 17.7 Å². The average Bonchev–Trinajstić information content (AvgIpc) is 2.89. The predicted octanol–water partition coefficient (Wildman–Crippen LogP) is 1.55. The van der Waals surface area contributed by atoms with Gasteiger partial charge in [-0.3, -0.25) is 9.78 Å². The molecule has 0 saturated carbocycles. The second-order valence-corrected chi connectivity index (χ2v) is 5.53. The van der Waals surface area contributed by atoms with Gasteiger partial charge in [0.15, 0.2) is 0 Å². The van der Waals surface area contributed by atoms with Crippen molar-refractivity contribution in [3.8, 4) is 0 Å². The molecular weight excluding hydrogens is 227 g/mol. The molecule has 0 aromatic carbocycles. The van der Waals surface area contributed by atoms with E-state index in [1.807, 2.05) is 16.7 Å². The molecule has 3 heterocycles. The van der Waals surface area contributed by atoms with Gasteiger partial charge in [0.1, 0.15) is 5.82 Å². The molecule has 2 fully saturated rings. The molecule has 3 nitrogen and oxygen atoms in total. The van der Waals surface area contributed by atoms with E-state index in [2.05, 4.69) is 4.98 Å². The van der Waals surface area contributed by atoms with E-state index in [1.165, 1.54) is 12.3 Å². The van der Waals surface area contributed by atoms with Crippen LogP contribution in [-0.2, 0) is 0 Å². The number of carbonyl (C=O) groups excluding carboxylic acids is 1. The van der Waals surface area contributed by atoms with Gasteiger partial charge in [0.05, 0.1) is 11.8 Å². The number of hydrogen-bond donors (Lipinski definition) is 0. The SMILES string of the molecule is O=C(c1cncc(F)c1)N1CC2CC1CS2. The molecule has 1 amide bonds. The van der Waals surface area contributed by atoms with Crippen LogP contribution < -0.4 is 0 Å². The van der Waals surface area contributed by atoms with Crippen LogP contribution in [0, 0.1) is 5.82 Å². The zero-order valence-corrected chi connectivity index (χ0v) is 9.41. The van der Waals surface area contributed by atoms with Crippen molar-refractivity contribution < 1.29 is 9.18 Å². The highest BCUT2D eigenvalue weighted by Gasteiger charge is 2.41. The molecule has 2 unspecified atom stereocenters. The fraction of sp³-hybridized carbons (Fsp3) is 0.455. The van der Waals surface area contributed by atoms with E-state index in [4.69, 9.17) is 0 Å². The molecule has 2 saturated heterocycles. The summed E-state index contributed by atoms with van der Waals surface area (Å²) in [5.74, 6) is 0.475. The number of aromatic nitrogens is 1. The highest BCUT2D eigenvalue weighted by molar-refractivity contribution is 8.00. The fourth-order valence-corrected chi connectivity index (χ4v) is 3.78. The van der Waals surface area contributed by atoms with Crippen molar-refractivity contribution in [3.63, 3.8) is 0 Å². The van der Waals surface area contributed by atoms with Crippen molar-refractivity contribution in [1.82, 2.24) is 9.88 Å². The molecule has 1 aromatic rings. The van der Waals surface area contributed by atoms with Crippen LogP contribution in [0.3, 0.4) is 0 Å². The normalized spacial score (nSPS) is 27.4. The Morgan fingerprint density at radius 1 is 1.56 bits per heavy atom. The van der Waals surface area contributed by atoms with Crippen molar-refractivity contribution >= 4 is 17.7 Å². The van der Waals surface area contributed by atoms with Gasteiger partial charge in [-0.25, -0.2) is 4.39 Å². The molecule has 16 heavy (non-hydrogen) atoms. The van der Waals surface area contributed by atoms with E-state index in [0.29, 0.717) is 16.9 Å². The van der Waals surface area contributed by atoms with Gasteiger partial charge < -0.3 is 4.90 Å². The van der Waals surface area contributed by atoms with Crippen LogP contribution >= 0.6 is 11.8 Å². The van der Waals surface area contributed by atoms with Gasteiger partial charge in [0.25, 0.3) is 5.91 Å². The summed E-state index contributed by atoms with van der Waals surface area (Å²) in [5.41, 5.74) is 0.359. The van der Waals surface area contributed by atoms with Crippen molar-refractivity contribution in [2.75, 3.05) is 12.3 Å². The van der Waals surface area contributed by atoms with Gasteiger partial charge in [0.2, 0.25) is 0 Å². The number of pyridine rings is 1. The first-order valence-corrected chi connectivity index (χ1v) is 6.32. The van der Waals surface area contributed by atoms with E-state index in [1.54, 1.807) is 0 Å². The number of rotatable bonds is 1. The molecule has 2 bridgehead atoms. The lowest BCUT2D eigenvalue weighted by molar-refractivity contribution is 0.0746. The van der Waals surface area contributed by atoms with Crippen LogP contribution in [0.4, 0.5) is 4.39 Å². The number of thioether (sulfide) groups is 1. The van der Waals surface area contributed by atoms with Crippen LogP contribution in [0.15, 0.2) is 18.5 Å². The molecule has 84 valence electrons. The highest BCUT2D eigenvalue weighted by atomic mass is 32.2. The number of halogens is 1. The number of likely N-dealkylation sites (tertiary alicyclic amines) is 1. The van der Waals surface area contributed by atoms with Gasteiger partial charge in [-0.1, -0.05) is 0 Å². The third kappa shape index (κ3) is 1.59. The summed E-state index contributed by atoms with van der Waals surface area (Å²) in [4.78, 5) is 17.7. The topological polar surface area (TPSA) is 33.2 Å². The number of nitrogens with zero attached hydrogens (tertiary/aromatic N) is 2. The van der Waals surface area contributed by atoms with Crippen LogP contribution in [0.2, 0.25) is 0 Å². The van der Waals surface area contributed by atoms with Crippen molar-refractivity contribution in [1.29, 1.82) is 0 Å². The molecule has 0 N–H and O–H groups in total. The van der Waals surface area contributed by atoms with Crippen LogP contribution in [0.5, 0.6) is 0 Å². The maximum atomic E-state index is 13.0. The summed E-state index contributed by atoms with van der Waals surface area (Å²) in [6.45, 7) is 0.796. The van der Waals surface area contributed by atoms with E-state index in [0.717, 1.165) is 24.9 Å². The predicted molar refractivity (Wildman–Crippen MR) is 59.9 cm³/mol. The quantitative estimate of drug-likeness (QED) is 0.744.